The molecular weight excluding hydrogens is 335 g/mol. The maximum atomic E-state index is 5.55. The highest BCUT2D eigenvalue weighted by molar-refractivity contribution is 5.85. The van der Waals surface area contributed by atoms with Gasteiger partial charge in [-0.3, -0.25) is 4.90 Å². The molecule has 1 aromatic carbocycles. The lowest BCUT2D eigenvalue weighted by Gasteiger charge is -2.35. The van der Waals surface area contributed by atoms with Gasteiger partial charge in [0.1, 0.15) is 0 Å². The Labute approximate surface area is 151 Å². The molecule has 1 fully saturated rings. The molecule has 0 unspecified atom stereocenters. The van der Waals surface area contributed by atoms with E-state index in [0.29, 0.717) is 12.8 Å². The third-order valence-corrected chi connectivity index (χ3v) is 4.39. The van der Waals surface area contributed by atoms with Gasteiger partial charge in [0.25, 0.3) is 0 Å². The van der Waals surface area contributed by atoms with Crippen molar-refractivity contribution in [3.63, 3.8) is 0 Å². The molecule has 0 aliphatic carbocycles. The summed E-state index contributed by atoms with van der Waals surface area (Å²) in [5.74, 6) is 2.52. The Hall–Kier alpha value is -0.680. The van der Waals surface area contributed by atoms with Crippen LogP contribution in [0.2, 0.25) is 0 Å². The molecule has 2 heterocycles. The number of benzene rings is 1. The van der Waals surface area contributed by atoms with Crippen LogP contribution in [0.5, 0.6) is 11.5 Å². The number of nitrogens with one attached hydrogen (secondary N) is 1. The fourth-order valence-electron chi connectivity index (χ4n) is 3.17. The van der Waals surface area contributed by atoms with Crippen LogP contribution in [0.25, 0.3) is 0 Å². The van der Waals surface area contributed by atoms with Crippen LogP contribution < -0.4 is 14.8 Å². The van der Waals surface area contributed by atoms with Crippen molar-refractivity contribution in [2.75, 3.05) is 33.0 Å². The van der Waals surface area contributed by atoms with E-state index in [1.807, 2.05) is 0 Å². The number of rotatable bonds is 5. The van der Waals surface area contributed by atoms with E-state index in [0.717, 1.165) is 43.6 Å². The molecule has 1 aromatic rings. The van der Waals surface area contributed by atoms with Crippen molar-refractivity contribution in [1.82, 2.24) is 10.2 Å². The van der Waals surface area contributed by atoms with Crippen molar-refractivity contribution in [1.29, 1.82) is 0 Å². The Kier molecular flexibility index (Phi) is 8.48. The molecule has 0 radical (unpaired) electrons. The number of halogens is 2. The molecule has 0 saturated carbocycles. The minimum Gasteiger partial charge on any atom is -0.454 e. The third kappa shape index (κ3) is 5.15. The van der Waals surface area contributed by atoms with Crippen molar-refractivity contribution in [2.24, 2.45) is 5.92 Å². The van der Waals surface area contributed by atoms with Gasteiger partial charge in [-0.2, -0.15) is 0 Å². The summed E-state index contributed by atoms with van der Waals surface area (Å²) >= 11 is 0. The summed E-state index contributed by atoms with van der Waals surface area (Å²) in [4.78, 5) is 2.61. The summed E-state index contributed by atoms with van der Waals surface area (Å²) in [6.07, 6.45) is 2.46. The van der Waals surface area contributed by atoms with Gasteiger partial charge in [-0.15, -0.1) is 24.8 Å². The van der Waals surface area contributed by atoms with Crippen molar-refractivity contribution < 1.29 is 9.47 Å². The Morgan fingerprint density at radius 2 is 1.74 bits per heavy atom. The van der Waals surface area contributed by atoms with Crippen LogP contribution in [0.3, 0.4) is 0 Å². The molecule has 3 rings (SSSR count). The molecule has 132 valence electrons. The first-order chi connectivity index (χ1) is 10.2. The second-order valence-electron chi connectivity index (χ2n) is 6.39. The number of piperazine rings is 1. The van der Waals surface area contributed by atoms with Crippen LogP contribution in [0.4, 0.5) is 0 Å². The van der Waals surface area contributed by atoms with Crippen molar-refractivity contribution in [3.8, 4) is 11.5 Å². The lowest BCUT2D eigenvalue weighted by molar-refractivity contribution is 0.159. The van der Waals surface area contributed by atoms with Crippen LogP contribution in [-0.2, 0) is 0 Å². The maximum Gasteiger partial charge on any atom is 0.231 e. The highest BCUT2D eigenvalue weighted by Gasteiger charge is 2.24. The predicted molar refractivity (Wildman–Crippen MR) is 98.3 cm³/mol. The fourth-order valence-corrected chi connectivity index (χ4v) is 3.17. The van der Waals surface area contributed by atoms with Crippen LogP contribution in [-0.4, -0.2) is 37.9 Å². The SMILES string of the molecule is CC(C)CC[C@@H](c1ccc2c(c1)OCO2)N1CCNCC1.Cl.Cl. The van der Waals surface area contributed by atoms with Crippen LogP contribution >= 0.6 is 24.8 Å². The van der Waals surface area contributed by atoms with Gasteiger partial charge in [-0.05, 0) is 36.5 Å². The van der Waals surface area contributed by atoms with Crippen LogP contribution in [0.1, 0.15) is 38.3 Å². The Morgan fingerprint density at radius 3 is 2.43 bits per heavy atom. The largest absolute Gasteiger partial charge is 0.454 e. The summed E-state index contributed by atoms with van der Waals surface area (Å²) in [6, 6.07) is 6.93. The van der Waals surface area contributed by atoms with E-state index in [4.69, 9.17) is 9.47 Å². The first-order valence-corrected chi connectivity index (χ1v) is 8.08. The molecule has 1 N–H and O–H groups in total. The molecule has 0 bridgehead atoms. The molecule has 2 aliphatic heterocycles. The zero-order valence-electron chi connectivity index (χ0n) is 13.9. The van der Waals surface area contributed by atoms with Gasteiger partial charge in [0, 0.05) is 32.2 Å². The molecule has 4 nitrogen and oxygen atoms in total. The molecule has 1 saturated heterocycles. The van der Waals surface area contributed by atoms with Gasteiger partial charge < -0.3 is 14.8 Å². The highest BCUT2D eigenvalue weighted by atomic mass is 35.5. The topological polar surface area (TPSA) is 33.7 Å². The third-order valence-electron chi connectivity index (χ3n) is 4.39. The molecular formula is C17H28Cl2N2O2. The van der Waals surface area contributed by atoms with Gasteiger partial charge in [0.05, 0.1) is 0 Å². The first kappa shape index (κ1) is 20.4. The van der Waals surface area contributed by atoms with E-state index in [-0.39, 0.29) is 24.8 Å². The second-order valence-corrected chi connectivity index (χ2v) is 6.39. The van der Waals surface area contributed by atoms with Crippen molar-refractivity contribution >= 4 is 24.8 Å². The van der Waals surface area contributed by atoms with E-state index >= 15 is 0 Å². The Bertz CT molecular complexity index is 480. The minimum absolute atomic E-state index is 0. The zero-order chi connectivity index (χ0) is 14.7. The van der Waals surface area contributed by atoms with Gasteiger partial charge in [0.15, 0.2) is 11.5 Å². The van der Waals surface area contributed by atoms with E-state index < -0.39 is 0 Å². The lowest BCUT2D eigenvalue weighted by atomic mass is 9.95. The predicted octanol–water partition coefficient (Wildman–Crippen LogP) is 3.64. The number of nitrogens with zero attached hydrogens (tertiary/aromatic N) is 1. The normalized spacial score (nSPS) is 18.2. The summed E-state index contributed by atoms with van der Waals surface area (Å²) in [6.45, 7) is 9.37. The maximum absolute atomic E-state index is 5.55. The van der Waals surface area contributed by atoms with Crippen molar-refractivity contribution in [2.45, 2.75) is 32.7 Å². The monoisotopic (exact) mass is 362 g/mol. The molecule has 0 aromatic heterocycles. The average Bonchev–Trinajstić information content (AvgIpc) is 2.96. The van der Waals surface area contributed by atoms with Gasteiger partial charge >= 0.3 is 0 Å². The van der Waals surface area contributed by atoms with Crippen molar-refractivity contribution in [3.05, 3.63) is 23.8 Å². The Balaban J connectivity index is 0.00000132. The zero-order valence-corrected chi connectivity index (χ0v) is 15.5. The van der Waals surface area contributed by atoms with Gasteiger partial charge in [-0.25, -0.2) is 0 Å². The standard InChI is InChI=1S/C17H26N2O2.2ClH/c1-13(2)3-5-15(19-9-7-18-8-10-19)14-4-6-16-17(11-14)21-12-20-16;;/h4,6,11,13,15,18H,3,5,7-10,12H2,1-2H3;2*1H/t15-;;/m0../s1. The van der Waals surface area contributed by atoms with Crippen LogP contribution in [0.15, 0.2) is 18.2 Å². The molecule has 2 aliphatic rings. The lowest BCUT2D eigenvalue weighted by Crippen LogP contribution is -2.45. The quantitative estimate of drug-likeness (QED) is 0.866. The van der Waals surface area contributed by atoms with Gasteiger partial charge in [0.2, 0.25) is 6.79 Å². The number of fused-ring (bicyclic) bond motifs is 1. The minimum atomic E-state index is 0. The average molecular weight is 363 g/mol. The number of ether oxygens (including phenoxy) is 2. The second kappa shape index (κ2) is 9.58. The molecule has 0 spiro atoms. The summed E-state index contributed by atoms with van der Waals surface area (Å²) in [5.41, 5.74) is 1.36. The van der Waals surface area contributed by atoms with Crippen LogP contribution in [0, 0.1) is 5.92 Å². The van der Waals surface area contributed by atoms with E-state index in [9.17, 15) is 0 Å². The summed E-state index contributed by atoms with van der Waals surface area (Å²) < 4.78 is 11.0. The highest BCUT2D eigenvalue weighted by Crippen LogP contribution is 2.37. The van der Waals surface area contributed by atoms with Gasteiger partial charge in [-0.1, -0.05) is 19.9 Å². The molecule has 6 heteroatoms. The first-order valence-electron chi connectivity index (χ1n) is 8.08. The molecule has 0 amide bonds. The van der Waals surface area contributed by atoms with E-state index in [1.54, 1.807) is 0 Å². The summed E-state index contributed by atoms with van der Waals surface area (Å²) in [7, 11) is 0. The number of hydrogen-bond donors (Lipinski definition) is 1. The fraction of sp³-hybridized carbons (Fsp3) is 0.647. The van der Waals surface area contributed by atoms with E-state index in [1.165, 1.54) is 18.4 Å². The molecule has 1 atom stereocenters. The smallest absolute Gasteiger partial charge is 0.231 e. The Morgan fingerprint density at radius 1 is 1.04 bits per heavy atom. The van der Waals surface area contributed by atoms with E-state index in [2.05, 4.69) is 42.3 Å². The molecule has 23 heavy (non-hydrogen) atoms. The summed E-state index contributed by atoms with van der Waals surface area (Å²) in [5, 5.41) is 3.44. The number of hydrogen-bond acceptors (Lipinski definition) is 4.